The third-order valence-electron chi connectivity index (χ3n) is 2.94. The van der Waals surface area contributed by atoms with Crippen LogP contribution in [0.25, 0.3) is 11.3 Å². The molecule has 18 heavy (non-hydrogen) atoms. The summed E-state index contributed by atoms with van der Waals surface area (Å²) in [6, 6.07) is 11.3. The van der Waals surface area contributed by atoms with Gasteiger partial charge in [0.25, 0.3) is 0 Å². The molecular weight excluding hydrogens is 232 g/mol. The number of nitrogens with zero attached hydrogens (tertiary/aromatic N) is 2. The van der Waals surface area contributed by atoms with E-state index in [1.807, 2.05) is 30.3 Å². The minimum absolute atomic E-state index is 0.140. The molecule has 5 heteroatoms. The normalized spacial score (nSPS) is 19.5. The Morgan fingerprint density at radius 2 is 2.11 bits per heavy atom. The molecule has 0 saturated carbocycles. The Hall–Kier alpha value is -2.14. The highest BCUT2D eigenvalue weighted by atomic mass is 16.5. The molecule has 1 unspecified atom stereocenters. The lowest BCUT2D eigenvalue weighted by atomic mass is 10.1. The van der Waals surface area contributed by atoms with E-state index in [0.717, 1.165) is 5.56 Å². The number of rotatable bonds is 2. The van der Waals surface area contributed by atoms with Crippen molar-refractivity contribution in [3.05, 3.63) is 36.4 Å². The van der Waals surface area contributed by atoms with E-state index in [2.05, 4.69) is 5.16 Å². The number of aliphatic hydroxyl groups excluding tert-OH is 1. The van der Waals surface area contributed by atoms with Gasteiger partial charge in [0, 0.05) is 11.6 Å². The minimum atomic E-state index is -0.622. The Morgan fingerprint density at radius 3 is 2.78 bits per heavy atom. The second-order valence-corrected chi connectivity index (χ2v) is 4.28. The molecule has 1 saturated heterocycles. The van der Waals surface area contributed by atoms with Crippen LogP contribution in [0.3, 0.4) is 0 Å². The molecule has 3 rings (SSSR count). The van der Waals surface area contributed by atoms with Gasteiger partial charge in [0.1, 0.15) is 5.69 Å². The molecule has 1 fully saturated rings. The van der Waals surface area contributed by atoms with Gasteiger partial charge in [-0.1, -0.05) is 35.5 Å². The Kier molecular flexibility index (Phi) is 2.60. The fraction of sp³-hybridized carbons (Fsp3) is 0.231. The van der Waals surface area contributed by atoms with Gasteiger partial charge in [-0.2, -0.15) is 0 Å². The second kappa shape index (κ2) is 4.27. The summed E-state index contributed by atoms with van der Waals surface area (Å²) in [6.45, 7) is 0.266. The highest BCUT2D eigenvalue weighted by Crippen LogP contribution is 2.26. The van der Waals surface area contributed by atoms with E-state index >= 15 is 0 Å². The lowest BCUT2D eigenvalue weighted by molar-refractivity contribution is -0.117. The number of β-amino-alcohol motifs (C(OH)–C–C–N with tert-alkyl or cyclic N) is 1. The van der Waals surface area contributed by atoms with Crippen LogP contribution in [0.1, 0.15) is 6.42 Å². The summed E-state index contributed by atoms with van der Waals surface area (Å²) >= 11 is 0. The van der Waals surface area contributed by atoms with Gasteiger partial charge in [0.2, 0.25) is 11.8 Å². The fourth-order valence-corrected chi connectivity index (χ4v) is 2.04. The predicted molar refractivity (Wildman–Crippen MR) is 64.9 cm³/mol. The van der Waals surface area contributed by atoms with Gasteiger partial charge in [-0.05, 0) is 0 Å². The first-order valence-corrected chi connectivity index (χ1v) is 5.74. The molecule has 2 aromatic rings. The third-order valence-corrected chi connectivity index (χ3v) is 2.94. The molecule has 5 nitrogen and oxygen atoms in total. The topological polar surface area (TPSA) is 66.6 Å². The smallest absolute Gasteiger partial charge is 0.234 e. The number of aromatic nitrogens is 1. The first kappa shape index (κ1) is 11.0. The lowest BCUT2D eigenvalue weighted by Gasteiger charge is -2.09. The Morgan fingerprint density at radius 1 is 1.33 bits per heavy atom. The van der Waals surface area contributed by atoms with Crippen LogP contribution in [0.15, 0.2) is 40.9 Å². The summed E-state index contributed by atoms with van der Waals surface area (Å²) in [4.78, 5) is 13.0. The molecule has 1 aromatic carbocycles. The van der Waals surface area contributed by atoms with E-state index in [4.69, 9.17) is 4.52 Å². The standard InChI is InChI=1S/C13H12N2O3/c16-10-6-12(17)15(8-10)13-7-11(14-18-13)9-4-2-1-3-5-9/h1-5,7,10,16H,6,8H2. The lowest BCUT2D eigenvalue weighted by Crippen LogP contribution is -2.24. The van der Waals surface area contributed by atoms with Crippen molar-refractivity contribution in [3.63, 3.8) is 0 Å². The summed E-state index contributed by atoms with van der Waals surface area (Å²) in [7, 11) is 0. The van der Waals surface area contributed by atoms with Gasteiger partial charge in [-0.15, -0.1) is 0 Å². The molecule has 1 atom stereocenters. The van der Waals surface area contributed by atoms with Crippen molar-refractivity contribution in [3.8, 4) is 11.3 Å². The van der Waals surface area contributed by atoms with Crippen LogP contribution in [0.4, 0.5) is 5.88 Å². The summed E-state index contributed by atoms with van der Waals surface area (Å²) in [5.74, 6) is 0.244. The van der Waals surface area contributed by atoms with E-state index in [-0.39, 0.29) is 18.9 Å². The van der Waals surface area contributed by atoms with Crippen LogP contribution in [0, 0.1) is 0 Å². The number of hydrogen-bond donors (Lipinski definition) is 1. The van der Waals surface area contributed by atoms with Gasteiger partial charge in [-0.3, -0.25) is 9.69 Å². The number of carbonyl (C=O) groups is 1. The van der Waals surface area contributed by atoms with Crippen LogP contribution >= 0.6 is 0 Å². The van der Waals surface area contributed by atoms with E-state index in [9.17, 15) is 9.90 Å². The Bertz CT molecular complexity index is 565. The molecule has 0 radical (unpaired) electrons. The molecule has 0 spiro atoms. The van der Waals surface area contributed by atoms with E-state index in [1.54, 1.807) is 6.07 Å². The van der Waals surface area contributed by atoms with Crippen molar-refractivity contribution >= 4 is 11.8 Å². The summed E-state index contributed by atoms with van der Waals surface area (Å²) in [6.07, 6.45) is -0.482. The molecule has 92 valence electrons. The first-order valence-electron chi connectivity index (χ1n) is 5.74. The summed E-state index contributed by atoms with van der Waals surface area (Å²) < 4.78 is 5.17. The number of hydrogen-bond acceptors (Lipinski definition) is 4. The van der Waals surface area contributed by atoms with Crippen LogP contribution < -0.4 is 4.90 Å². The maximum absolute atomic E-state index is 11.6. The average Bonchev–Trinajstić information content (AvgIpc) is 2.97. The van der Waals surface area contributed by atoms with Crippen molar-refractivity contribution < 1.29 is 14.4 Å². The van der Waals surface area contributed by atoms with Crippen LogP contribution in [-0.4, -0.2) is 28.8 Å². The van der Waals surface area contributed by atoms with Crippen LogP contribution in [0.2, 0.25) is 0 Å². The van der Waals surface area contributed by atoms with Crippen molar-refractivity contribution in [1.29, 1.82) is 0 Å². The molecule has 1 amide bonds. The molecule has 1 N–H and O–H groups in total. The van der Waals surface area contributed by atoms with Crippen molar-refractivity contribution in [2.75, 3.05) is 11.4 Å². The van der Waals surface area contributed by atoms with Crippen LogP contribution in [-0.2, 0) is 4.79 Å². The maximum Gasteiger partial charge on any atom is 0.234 e. The molecule has 2 heterocycles. The van der Waals surface area contributed by atoms with E-state index < -0.39 is 6.10 Å². The Balaban J connectivity index is 1.88. The van der Waals surface area contributed by atoms with Crippen molar-refractivity contribution in [1.82, 2.24) is 5.16 Å². The van der Waals surface area contributed by atoms with Crippen molar-refractivity contribution in [2.24, 2.45) is 0 Å². The highest BCUT2D eigenvalue weighted by Gasteiger charge is 2.31. The van der Waals surface area contributed by atoms with Crippen molar-refractivity contribution in [2.45, 2.75) is 12.5 Å². The SMILES string of the molecule is O=C1CC(O)CN1c1cc(-c2ccccc2)no1. The summed E-state index contributed by atoms with van der Waals surface area (Å²) in [5, 5.41) is 13.4. The molecule has 0 bridgehead atoms. The molecule has 1 aliphatic rings. The van der Waals surface area contributed by atoms with Gasteiger partial charge in [0.05, 0.1) is 19.1 Å². The average molecular weight is 244 g/mol. The van der Waals surface area contributed by atoms with Crippen LogP contribution in [0.5, 0.6) is 0 Å². The number of anilines is 1. The number of carbonyl (C=O) groups excluding carboxylic acids is 1. The monoisotopic (exact) mass is 244 g/mol. The van der Waals surface area contributed by atoms with Gasteiger partial charge in [-0.25, -0.2) is 0 Å². The zero-order chi connectivity index (χ0) is 12.5. The third kappa shape index (κ3) is 1.89. The Labute approximate surface area is 104 Å². The predicted octanol–water partition coefficient (Wildman–Crippen LogP) is 1.44. The number of amides is 1. The highest BCUT2D eigenvalue weighted by molar-refractivity contribution is 5.95. The molecule has 1 aliphatic heterocycles. The minimum Gasteiger partial charge on any atom is -0.391 e. The quantitative estimate of drug-likeness (QED) is 0.868. The van der Waals surface area contributed by atoms with E-state index in [1.165, 1.54) is 4.90 Å². The molecular formula is C13H12N2O3. The maximum atomic E-state index is 11.6. The van der Waals surface area contributed by atoms with Gasteiger partial charge >= 0.3 is 0 Å². The fourth-order valence-electron chi connectivity index (χ4n) is 2.04. The molecule has 0 aliphatic carbocycles. The second-order valence-electron chi connectivity index (χ2n) is 4.28. The van der Waals surface area contributed by atoms with E-state index in [0.29, 0.717) is 11.6 Å². The number of aliphatic hydroxyl groups is 1. The first-order chi connectivity index (χ1) is 8.74. The van der Waals surface area contributed by atoms with Gasteiger partial charge < -0.3 is 9.63 Å². The zero-order valence-electron chi connectivity index (χ0n) is 9.61. The largest absolute Gasteiger partial charge is 0.391 e. The number of benzene rings is 1. The summed E-state index contributed by atoms with van der Waals surface area (Å²) in [5.41, 5.74) is 1.61. The zero-order valence-corrected chi connectivity index (χ0v) is 9.61. The molecule has 1 aromatic heterocycles. The van der Waals surface area contributed by atoms with Gasteiger partial charge in [0.15, 0.2) is 0 Å².